The number of nitrogens with zero attached hydrogens (tertiary/aromatic N) is 2. The molecule has 1 fully saturated rings. The van der Waals surface area contributed by atoms with E-state index >= 15 is 0 Å². The highest BCUT2D eigenvalue weighted by molar-refractivity contribution is 7.89. The third kappa shape index (κ3) is 4.42. The molecule has 164 valence electrons. The SMILES string of the molecule is COc1ccc2c(CC(=O)N3CCCN(S(=O)(=O)c4ccc(F)cc4)CC3)coc2c1. The summed E-state index contributed by atoms with van der Waals surface area (Å²) in [6, 6.07) is 10.2. The fraction of sp³-hybridized carbons (Fsp3) is 0.318. The maximum atomic E-state index is 13.1. The Morgan fingerprint density at radius 3 is 2.61 bits per heavy atom. The highest BCUT2D eigenvalue weighted by atomic mass is 32.2. The Bertz CT molecular complexity index is 1190. The topological polar surface area (TPSA) is 80.1 Å². The first-order chi connectivity index (χ1) is 14.9. The summed E-state index contributed by atoms with van der Waals surface area (Å²) >= 11 is 0. The molecule has 4 rings (SSSR count). The van der Waals surface area contributed by atoms with Gasteiger partial charge in [0.25, 0.3) is 0 Å². The molecule has 0 spiro atoms. The number of rotatable bonds is 5. The fourth-order valence-corrected chi connectivity index (χ4v) is 5.21. The van der Waals surface area contributed by atoms with Crippen molar-refractivity contribution in [3.05, 3.63) is 60.1 Å². The lowest BCUT2D eigenvalue weighted by Gasteiger charge is -2.22. The number of carbonyl (C=O) groups is 1. The zero-order chi connectivity index (χ0) is 22.0. The van der Waals surface area contributed by atoms with E-state index in [2.05, 4.69) is 0 Å². The van der Waals surface area contributed by atoms with E-state index in [9.17, 15) is 17.6 Å². The molecule has 1 aromatic heterocycles. The number of methoxy groups -OCH3 is 1. The van der Waals surface area contributed by atoms with Crippen LogP contribution in [0.2, 0.25) is 0 Å². The molecule has 2 aromatic carbocycles. The van der Waals surface area contributed by atoms with E-state index in [1.54, 1.807) is 24.3 Å². The van der Waals surface area contributed by atoms with Crippen molar-refractivity contribution in [2.24, 2.45) is 0 Å². The number of hydrogen-bond acceptors (Lipinski definition) is 5. The molecule has 31 heavy (non-hydrogen) atoms. The van der Waals surface area contributed by atoms with Gasteiger partial charge in [0.2, 0.25) is 15.9 Å². The number of ether oxygens (including phenoxy) is 1. The van der Waals surface area contributed by atoms with Gasteiger partial charge in [-0.05, 0) is 42.8 Å². The Morgan fingerprint density at radius 1 is 1.10 bits per heavy atom. The highest BCUT2D eigenvalue weighted by Gasteiger charge is 2.28. The quantitative estimate of drug-likeness (QED) is 0.602. The number of sulfonamides is 1. The van der Waals surface area contributed by atoms with Crippen LogP contribution in [0.4, 0.5) is 4.39 Å². The third-order valence-corrected chi connectivity index (χ3v) is 7.38. The zero-order valence-corrected chi connectivity index (χ0v) is 17.9. The number of carbonyl (C=O) groups excluding carboxylic acids is 1. The summed E-state index contributed by atoms with van der Waals surface area (Å²) in [6.07, 6.45) is 2.27. The van der Waals surface area contributed by atoms with Crippen LogP contribution in [0.25, 0.3) is 11.0 Å². The first-order valence-corrected chi connectivity index (χ1v) is 11.4. The van der Waals surface area contributed by atoms with E-state index in [0.29, 0.717) is 37.4 Å². The molecule has 1 aliphatic heterocycles. The van der Waals surface area contributed by atoms with Crippen LogP contribution in [0.3, 0.4) is 0 Å². The summed E-state index contributed by atoms with van der Waals surface area (Å²) in [5.41, 5.74) is 1.43. The summed E-state index contributed by atoms with van der Waals surface area (Å²) < 4.78 is 51.0. The van der Waals surface area contributed by atoms with Gasteiger partial charge in [-0.1, -0.05) is 0 Å². The molecule has 3 aromatic rings. The van der Waals surface area contributed by atoms with Gasteiger partial charge in [0.15, 0.2) is 0 Å². The third-order valence-electron chi connectivity index (χ3n) is 5.46. The van der Waals surface area contributed by atoms with Crippen LogP contribution in [0, 0.1) is 5.82 Å². The summed E-state index contributed by atoms with van der Waals surface area (Å²) in [5.74, 6) is 0.103. The van der Waals surface area contributed by atoms with E-state index in [1.807, 2.05) is 12.1 Å². The predicted octanol–water partition coefficient (Wildman–Crippen LogP) is 3.05. The van der Waals surface area contributed by atoms with Gasteiger partial charge in [0.1, 0.15) is 17.1 Å². The van der Waals surface area contributed by atoms with Crippen molar-refractivity contribution in [1.29, 1.82) is 0 Å². The van der Waals surface area contributed by atoms with Crippen LogP contribution in [0.1, 0.15) is 12.0 Å². The van der Waals surface area contributed by atoms with Gasteiger partial charge in [-0.25, -0.2) is 12.8 Å². The average molecular weight is 447 g/mol. The van der Waals surface area contributed by atoms with Crippen molar-refractivity contribution in [2.75, 3.05) is 33.3 Å². The molecule has 1 saturated heterocycles. The van der Waals surface area contributed by atoms with Gasteiger partial charge in [-0.3, -0.25) is 4.79 Å². The van der Waals surface area contributed by atoms with Gasteiger partial charge in [0, 0.05) is 43.2 Å². The molecule has 0 bridgehead atoms. The summed E-state index contributed by atoms with van der Waals surface area (Å²) in [5, 5.41) is 0.851. The van der Waals surface area contributed by atoms with Gasteiger partial charge in [0.05, 0.1) is 24.7 Å². The maximum Gasteiger partial charge on any atom is 0.243 e. The highest BCUT2D eigenvalue weighted by Crippen LogP contribution is 2.26. The van der Waals surface area contributed by atoms with Crippen molar-refractivity contribution >= 4 is 26.9 Å². The number of fused-ring (bicyclic) bond motifs is 1. The number of hydrogen-bond donors (Lipinski definition) is 0. The van der Waals surface area contributed by atoms with Crippen LogP contribution in [-0.4, -0.2) is 56.8 Å². The van der Waals surface area contributed by atoms with Gasteiger partial charge in [-0.2, -0.15) is 4.31 Å². The minimum absolute atomic E-state index is 0.0500. The number of benzene rings is 2. The Morgan fingerprint density at radius 2 is 1.87 bits per heavy atom. The normalized spacial score (nSPS) is 15.7. The van der Waals surface area contributed by atoms with Crippen LogP contribution in [-0.2, 0) is 21.2 Å². The Hall–Kier alpha value is -2.91. The first kappa shape index (κ1) is 21.3. The van der Waals surface area contributed by atoms with Crippen LogP contribution < -0.4 is 4.74 Å². The standard InChI is InChI=1S/C22H23FN2O5S/c1-29-18-5-8-20-16(15-30-21(20)14-18)13-22(26)24-9-2-10-25(12-11-24)31(27,28)19-6-3-17(23)4-7-19/h3-8,14-15H,2,9-13H2,1H3. The fourth-order valence-electron chi connectivity index (χ4n) is 3.74. The van der Waals surface area contributed by atoms with Crippen LogP contribution >= 0.6 is 0 Å². The Labute approximate surface area is 180 Å². The summed E-state index contributed by atoms with van der Waals surface area (Å²) in [7, 11) is -2.16. The Kier molecular flexibility index (Phi) is 5.97. The molecule has 0 radical (unpaired) electrons. The van der Waals surface area contributed by atoms with Crippen molar-refractivity contribution in [3.8, 4) is 5.75 Å². The molecule has 1 amide bonds. The average Bonchev–Trinajstić information content (AvgIpc) is 2.98. The predicted molar refractivity (Wildman–Crippen MR) is 113 cm³/mol. The van der Waals surface area contributed by atoms with E-state index in [1.165, 1.54) is 16.4 Å². The lowest BCUT2D eigenvalue weighted by molar-refractivity contribution is -0.130. The van der Waals surface area contributed by atoms with E-state index in [4.69, 9.17) is 9.15 Å². The van der Waals surface area contributed by atoms with Crippen molar-refractivity contribution < 1.29 is 26.8 Å². The number of furan rings is 1. The van der Waals surface area contributed by atoms with Gasteiger partial charge < -0.3 is 14.1 Å². The van der Waals surface area contributed by atoms with E-state index < -0.39 is 15.8 Å². The molecule has 9 heteroatoms. The molecular weight excluding hydrogens is 423 g/mol. The monoisotopic (exact) mass is 446 g/mol. The molecule has 0 N–H and O–H groups in total. The van der Waals surface area contributed by atoms with Crippen molar-refractivity contribution in [1.82, 2.24) is 9.21 Å². The molecule has 1 aliphatic rings. The zero-order valence-electron chi connectivity index (χ0n) is 17.1. The second kappa shape index (κ2) is 8.68. The smallest absolute Gasteiger partial charge is 0.243 e. The van der Waals surface area contributed by atoms with E-state index in [0.717, 1.165) is 23.1 Å². The lowest BCUT2D eigenvalue weighted by atomic mass is 10.1. The second-order valence-electron chi connectivity index (χ2n) is 7.39. The maximum absolute atomic E-state index is 13.1. The minimum atomic E-state index is -3.73. The van der Waals surface area contributed by atoms with Crippen LogP contribution in [0.15, 0.2) is 58.0 Å². The molecule has 0 unspecified atom stereocenters. The lowest BCUT2D eigenvalue weighted by Crippen LogP contribution is -2.37. The number of amides is 1. The van der Waals surface area contributed by atoms with Gasteiger partial charge in [-0.15, -0.1) is 0 Å². The van der Waals surface area contributed by atoms with Crippen molar-refractivity contribution in [2.45, 2.75) is 17.7 Å². The largest absolute Gasteiger partial charge is 0.497 e. The molecule has 2 heterocycles. The first-order valence-electron chi connectivity index (χ1n) is 9.96. The molecule has 7 nitrogen and oxygen atoms in total. The number of halogens is 1. The van der Waals surface area contributed by atoms with Gasteiger partial charge >= 0.3 is 0 Å². The van der Waals surface area contributed by atoms with Crippen LogP contribution in [0.5, 0.6) is 5.75 Å². The minimum Gasteiger partial charge on any atom is -0.497 e. The molecule has 0 aliphatic carbocycles. The van der Waals surface area contributed by atoms with Crippen molar-refractivity contribution in [3.63, 3.8) is 0 Å². The molecular formula is C22H23FN2O5S. The molecule has 0 saturated carbocycles. The second-order valence-corrected chi connectivity index (χ2v) is 9.33. The molecule has 0 atom stereocenters. The summed E-state index contributed by atoms with van der Waals surface area (Å²) in [4.78, 5) is 14.6. The summed E-state index contributed by atoms with van der Waals surface area (Å²) in [6.45, 7) is 1.26. The van der Waals surface area contributed by atoms with E-state index in [-0.39, 0.29) is 23.8 Å². The Balaban J connectivity index is 1.44.